The number of nitrogens with one attached hydrogen (secondary N) is 2. The summed E-state index contributed by atoms with van der Waals surface area (Å²) in [6, 6.07) is 7.55. The highest BCUT2D eigenvalue weighted by atomic mass is 35.5. The van der Waals surface area contributed by atoms with Gasteiger partial charge in [0.2, 0.25) is 0 Å². The minimum absolute atomic E-state index is 0.113. The molecule has 0 saturated carbocycles. The van der Waals surface area contributed by atoms with Gasteiger partial charge in [-0.1, -0.05) is 18.5 Å². The zero-order chi connectivity index (χ0) is 16.1. The number of carbonyl (C=O) groups excluding carboxylic acids is 1. The Morgan fingerprint density at radius 3 is 2.77 bits per heavy atom. The second-order valence-electron chi connectivity index (χ2n) is 5.33. The van der Waals surface area contributed by atoms with E-state index in [1.165, 1.54) is 0 Å². The maximum atomic E-state index is 12.1. The summed E-state index contributed by atoms with van der Waals surface area (Å²) < 4.78 is 0. The van der Waals surface area contributed by atoms with Crippen molar-refractivity contribution in [2.45, 2.75) is 33.2 Å². The van der Waals surface area contributed by atoms with Gasteiger partial charge in [-0.15, -0.1) is 0 Å². The topological polar surface area (TPSA) is 54.0 Å². The Kier molecular flexibility index (Phi) is 5.39. The Labute approximate surface area is 135 Å². The van der Waals surface area contributed by atoms with Gasteiger partial charge in [-0.2, -0.15) is 0 Å². The Hall–Kier alpha value is -2.07. The third kappa shape index (κ3) is 4.21. The van der Waals surface area contributed by atoms with Crippen molar-refractivity contribution in [3.05, 3.63) is 52.8 Å². The van der Waals surface area contributed by atoms with Crippen molar-refractivity contribution in [2.24, 2.45) is 0 Å². The molecule has 0 aliphatic carbocycles. The van der Waals surface area contributed by atoms with E-state index in [4.69, 9.17) is 11.6 Å². The van der Waals surface area contributed by atoms with E-state index in [0.717, 1.165) is 23.4 Å². The highest BCUT2D eigenvalue weighted by Gasteiger charge is 2.10. The number of carbonyl (C=O) groups is 1. The third-order valence-corrected chi connectivity index (χ3v) is 3.69. The molecule has 1 unspecified atom stereocenters. The molecule has 0 fully saturated rings. The van der Waals surface area contributed by atoms with Gasteiger partial charge < -0.3 is 10.6 Å². The summed E-state index contributed by atoms with van der Waals surface area (Å²) in [6.07, 6.45) is 4.15. The molecule has 4 nitrogen and oxygen atoms in total. The van der Waals surface area contributed by atoms with Gasteiger partial charge in [-0.3, -0.25) is 9.78 Å². The van der Waals surface area contributed by atoms with Crippen molar-refractivity contribution in [3.8, 4) is 0 Å². The molecule has 1 atom stereocenters. The highest BCUT2D eigenvalue weighted by Crippen LogP contribution is 2.23. The number of nitrogens with zero attached hydrogens (tertiary/aromatic N) is 1. The van der Waals surface area contributed by atoms with E-state index in [0.29, 0.717) is 10.6 Å². The molecule has 0 aliphatic heterocycles. The number of aromatic nitrogens is 1. The smallest absolute Gasteiger partial charge is 0.253 e. The van der Waals surface area contributed by atoms with Crippen molar-refractivity contribution >= 4 is 28.9 Å². The zero-order valence-electron chi connectivity index (χ0n) is 13.0. The van der Waals surface area contributed by atoms with Crippen LogP contribution in [0.25, 0.3) is 0 Å². The van der Waals surface area contributed by atoms with Gasteiger partial charge in [0.1, 0.15) is 0 Å². The molecular formula is C17H20ClN3O. The fourth-order valence-corrected chi connectivity index (χ4v) is 2.19. The number of hydrogen-bond donors (Lipinski definition) is 2. The number of pyridine rings is 1. The van der Waals surface area contributed by atoms with Crippen molar-refractivity contribution in [2.75, 3.05) is 5.32 Å². The normalized spacial score (nSPS) is 11.8. The second-order valence-corrected chi connectivity index (χ2v) is 5.77. The predicted molar refractivity (Wildman–Crippen MR) is 90.9 cm³/mol. The summed E-state index contributed by atoms with van der Waals surface area (Å²) in [7, 11) is 0. The van der Waals surface area contributed by atoms with Gasteiger partial charge in [0.15, 0.2) is 0 Å². The lowest BCUT2D eigenvalue weighted by Gasteiger charge is -2.13. The SMILES string of the molecule is CCC(C)NC(=O)c1cncc(Nc2ccc(Cl)cc2C)c1. The lowest BCUT2D eigenvalue weighted by Crippen LogP contribution is -2.31. The fraction of sp³-hybridized carbons (Fsp3) is 0.294. The molecule has 5 heteroatoms. The molecule has 0 saturated heterocycles. The minimum atomic E-state index is -0.113. The third-order valence-electron chi connectivity index (χ3n) is 3.46. The van der Waals surface area contributed by atoms with Crippen molar-refractivity contribution in [1.29, 1.82) is 0 Å². The van der Waals surface area contributed by atoms with Crippen LogP contribution in [0, 0.1) is 6.92 Å². The maximum absolute atomic E-state index is 12.1. The molecule has 0 bridgehead atoms. The van der Waals surface area contributed by atoms with E-state index in [1.807, 2.05) is 39.0 Å². The fourth-order valence-electron chi connectivity index (χ4n) is 1.96. The van der Waals surface area contributed by atoms with Crippen LogP contribution in [0.4, 0.5) is 11.4 Å². The molecule has 0 radical (unpaired) electrons. The summed E-state index contributed by atoms with van der Waals surface area (Å²) in [5.41, 5.74) is 3.27. The lowest BCUT2D eigenvalue weighted by atomic mass is 10.2. The molecule has 1 aromatic carbocycles. The van der Waals surface area contributed by atoms with Crippen LogP contribution in [-0.4, -0.2) is 16.9 Å². The first kappa shape index (κ1) is 16.3. The first-order valence-electron chi connectivity index (χ1n) is 7.28. The van der Waals surface area contributed by atoms with E-state index in [2.05, 4.69) is 15.6 Å². The summed E-state index contributed by atoms with van der Waals surface area (Å²) in [5, 5.41) is 6.89. The van der Waals surface area contributed by atoms with Crippen LogP contribution < -0.4 is 10.6 Å². The van der Waals surface area contributed by atoms with E-state index in [1.54, 1.807) is 18.5 Å². The van der Waals surface area contributed by atoms with Gasteiger partial charge in [0, 0.05) is 22.9 Å². The highest BCUT2D eigenvalue weighted by molar-refractivity contribution is 6.30. The van der Waals surface area contributed by atoms with Crippen LogP contribution in [0.5, 0.6) is 0 Å². The second kappa shape index (κ2) is 7.27. The number of rotatable bonds is 5. The Bertz CT molecular complexity index is 673. The number of benzene rings is 1. The lowest BCUT2D eigenvalue weighted by molar-refractivity contribution is 0.0939. The molecule has 2 N–H and O–H groups in total. The number of amides is 1. The van der Waals surface area contributed by atoms with Gasteiger partial charge in [0.25, 0.3) is 5.91 Å². The summed E-state index contributed by atoms with van der Waals surface area (Å²) >= 11 is 5.96. The van der Waals surface area contributed by atoms with Gasteiger partial charge >= 0.3 is 0 Å². The zero-order valence-corrected chi connectivity index (χ0v) is 13.7. The van der Waals surface area contributed by atoms with Gasteiger partial charge in [0.05, 0.1) is 17.4 Å². The molecule has 2 aromatic rings. The van der Waals surface area contributed by atoms with Crippen LogP contribution in [-0.2, 0) is 0 Å². The molecule has 2 rings (SSSR count). The first-order valence-corrected chi connectivity index (χ1v) is 7.66. The first-order chi connectivity index (χ1) is 10.5. The van der Waals surface area contributed by atoms with Crippen LogP contribution >= 0.6 is 11.6 Å². The molecule has 1 heterocycles. The van der Waals surface area contributed by atoms with Crippen molar-refractivity contribution in [3.63, 3.8) is 0 Å². The Balaban J connectivity index is 2.16. The van der Waals surface area contributed by atoms with E-state index < -0.39 is 0 Å². The van der Waals surface area contributed by atoms with Crippen LogP contribution in [0.3, 0.4) is 0 Å². The van der Waals surface area contributed by atoms with Crippen molar-refractivity contribution in [1.82, 2.24) is 10.3 Å². The van der Waals surface area contributed by atoms with Crippen LogP contribution in [0.15, 0.2) is 36.7 Å². The number of anilines is 2. The largest absolute Gasteiger partial charge is 0.354 e. The van der Waals surface area contributed by atoms with Gasteiger partial charge in [-0.25, -0.2) is 0 Å². The molecule has 0 aliphatic rings. The molecule has 116 valence electrons. The maximum Gasteiger partial charge on any atom is 0.253 e. The standard InChI is InChI=1S/C17H20ClN3O/c1-4-12(3)20-17(22)13-8-15(10-19-9-13)21-16-6-5-14(18)7-11(16)2/h5-10,12,21H,4H2,1-3H3,(H,20,22). The van der Waals surface area contributed by atoms with E-state index in [-0.39, 0.29) is 11.9 Å². The number of hydrogen-bond acceptors (Lipinski definition) is 3. The summed E-state index contributed by atoms with van der Waals surface area (Å²) in [6.45, 7) is 5.98. The monoisotopic (exact) mass is 317 g/mol. The molecule has 22 heavy (non-hydrogen) atoms. The predicted octanol–water partition coefficient (Wildman–Crippen LogP) is 4.32. The van der Waals surface area contributed by atoms with E-state index >= 15 is 0 Å². The van der Waals surface area contributed by atoms with Gasteiger partial charge in [-0.05, 0) is 50.1 Å². The van der Waals surface area contributed by atoms with E-state index in [9.17, 15) is 4.79 Å². The average Bonchev–Trinajstić information content (AvgIpc) is 2.50. The van der Waals surface area contributed by atoms with Crippen LogP contribution in [0.2, 0.25) is 5.02 Å². The van der Waals surface area contributed by atoms with Crippen LogP contribution in [0.1, 0.15) is 36.2 Å². The summed E-state index contributed by atoms with van der Waals surface area (Å²) in [4.78, 5) is 16.3. The Morgan fingerprint density at radius 2 is 2.09 bits per heavy atom. The average molecular weight is 318 g/mol. The summed E-state index contributed by atoms with van der Waals surface area (Å²) in [5.74, 6) is -0.113. The molecule has 1 amide bonds. The van der Waals surface area contributed by atoms with Crippen molar-refractivity contribution < 1.29 is 4.79 Å². The molecular weight excluding hydrogens is 298 g/mol. The molecule has 0 spiro atoms. The minimum Gasteiger partial charge on any atom is -0.354 e. The Morgan fingerprint density at radius 1 is 1.32 bits per heavy atom. The number of halogens is 1. The number of aryl methyl sites for hydroxylation is 1. The quantitative estimate of drug-likeness (QED) is 0.863. The molecule has 1 aromatic heterocycles.